The van der Waals surface area contributed by atoms with Crippen molar-refractivity contribution in [3.8, 4) is 0 Å². The van der Waals surface area contributed by atoms with E-state index in [1.165, 1.54) is 0 Å². The molecule has 2 amide bonds. The van der Waals surface area contributed by atoms with Crippen LogP contribution in [0.3, 0.4) is 0 Å². The van der Waals surface area contributed by atoms with E-state index in [0.717, 1.165) is 0 Å². The van der Waals surface area contributed by atoms with Crippen molar-refractivity contribution in [3.63, 3.8) is 0 Å². The number of hydrogen-bond acceptors (Lipinski definition) is 2. The lowest BCUT2D eigenvalue weighted by molar-refractivity contribution is -0.135. The van der Waals surface area contributed by atoms with Gasteiger partial charge < -0.3 is 10.6 Å². The Morgan fingerprint density at radius 2 is 1.25 bits per heavy atom. The fourth-order valence-electron chi connectivity index (χ4n) is 2.36. The highest BCUT2D eigenvalue weighted by molar-refractivity contribution is 6.33. The molecule has 1 fully saturated rings. The van der Waals surface area contributed by atoms with Gasteiger partial charge in [0.05, 0.1) is 23.9 Å². The van der Waals surface area contributed by atoms with Crippen LogP contribution in [0, 0.1) is 11.8 Å². The minimum atomic E-state index is -0.557. The van der Waals surface area contributed by atoms with Crippen molar-refractivity contribution in [2.75, 3.05) is 0 Å². The lowest BCUT2D eigenvalue weighted by atomic mass is 9.79. The van der Waals surface area contributed by atoms with E-state index in [0.29, 0.717) is 10.1 Å². The van der Waals surface area contributed by atoms with E-state index in [1.54, 1.807) is 12.2 Å². The van der Waals surface area contributed by atoms with Gasteiger partial charge in [0.25, 0.3) is 0 Å². The summed E-state index contributed by atoms with van der Waals surface area (Å²) >= 11 is 12.1. The van der Waals surface area contributed by atoms with Crippen LogP contribution in [0.15, 0.2) is 22.2 Å². The first-order valence-electron chi connectivity index (χ1n) is 4.93. The van der Waals surface area contributed by atoms with Crippen LogP contribution in [-0.2, 0) is 9.59 Å². The summed E-state index contributed by atoms with van der Waals surface area (Å²) in [5.41, 5.74) is 0. The second kappa shape index (κ2) is 3.25. The van der Waals surface area contributed by atoms with Crippen LogP contribution >= 0.6 is 23.2 Å². The van der Waals surface area contributed by atoms with E-state index < -0.39 is 23.9 Å². The zero-order valence-corrected chi connectivity index (χ0v) is 9.55. The average molecular weight is 259 g/mol. The summed E-state index contributed by atoms with van der Waals surface area (Å²) in [5, 5.41) is 6.61. The second-order valence-electron chi connectivity index (χ2n) is 4.13. The molecule has 84 valence electrons. The maximum Gasteiger partial charge on any atom is 0.228 e. The van der Waals surface area contributed by atoms with Gasteiger partial charge in [0.15, 0.2) is 0 Å². The van der Waals surface area contributed by atoms with Gasteiger partial charge in [-0.05, 0) is 0 Å². The Morgan fingerprint density at radius 1 is 0.875 bits per heavy atom. The molecular formula is C10H8Cl2N2O2. The van der Waals surface area contributed by atoms with Crippen molar-refractivity contribution >= 4 is 35.0 Å². The molecule has 6 rings (SSSR count). The Bertz CT molecular complexity index is 416. The molecule has 0 aromatic carbocycles. The third kappa shape index (κ3) is 1.23. The minimum Gasteiger partial charge on any atom is -0.345 e. The highest BCUT2D eigenvalue weighted by Crippen LogP contribution is 2.36. The van der Waals surface area contributed by atoms with E-state index in [2.05, 4.69) is 10.6 Å². The molecule has 0 aromatic rings. The molecular weight excluding hydrogens is 251 g/mol. The van der Waals surface area contributed by atoms with Gasteiger partial charge in [0, 0.05) is 10.1 Å². The normalized spacial score (nSPS) is 40.6. The summed E-state index contributed by atoms with van der Waals surface area (Å²) < 4.78 is 0. The molecule has 6 aliphatic rings. The third-order valence-corrected chi connectivity index (χ3v) is 3.92. The Balaban J connectivity index is 2.19. The fraction of sp³-hybridized carbons (Fsp3) is 0.400. The smallest absolute Gasteiger partial charge is 0.228 e. The molecule has 0 saturated carbocycles. The molecule has 5 aliphatic heterocycles. The molecule has 0 aromatic heterocycles. The van der Waals surface area contributed by atoms with Crippen LogP contribution in [0.5, 0.6) is 0 Å². The summed E-state index contributed by atoms with van der Waals surface area (Å²) in [6.07, 6.45) is 3.31. The number of amides is 2. The summed E-state index contributed by atoms with van der Waals surface area (Å²) in [4.78, 5) is 23.5. The lowest BCUT2D eigenvalue weighted by Crippen LogP contribution is -2.63. The quantitative estimate of drug-likeness (QED) is 0.664. The lowest BCUT2D eigenvalue weighted by Gasteiger charge is -2.41. The zero-order valence-electron chi connectivity index (χ0n) is 8.04. The molecule has 4 atom stereocenters. The van der Waals surface area contributed by atoms with Crippen LogP contribution in [0.1, 0.15) is 0 Å². The number of hydrogen-bond donors (Lipinski definition) is 2. The van der Waals surface area contributed by atoms with Crippen molar-refractivity contribution < 1.29 is 9.59 Å². The summed E-state index contributed by atoms with van der Waals surface area (Å²) in [6.45, 7) is 0. The van der Waals surface area contributed by atoms with Gasteiger partial charge in [0.2, 0.25) is 11.8 Å². The number of carbonyl (C=O) groups is 2. The average Bonchev–Trinajstić information content (AvgIpc) is 2.23. The molecule has 5 heterocycles. The van der Waals surface area contributed by atoms with Crippen LogP contribution in [0.4, 0.5) is 0 Å². The summed E-state index contributed by atoms with van der Waals surface area (Å²) in [5.74, 6) is -1.45. The number of nitrogens with one attached hydrogen (secondary N) is 2. The standard InChI is InChI=1S/C10H8Cl2N2O2/c11-5-1-3-4-2-6(12)8(14-10(4)16)7(5)13-9(3)15/h1-4,7-8H,(H,13,15)(H,14,16)/t3-,4+,7+,8-. The van der Waals surface area contributed by atoms with E-state index in [9.17, 15) is 9.59 Å². The van der Waals surface area contributed by atoms with E-state index in [1.807, 2.05) is 0 Å². The van der Waals surface area contributed by atoms with Crippen LogP contribution in [0.25, 0.3) is 0 Å². The van der Waals surface area contributed by atoms with Crippen molar-refractivity contribution in [2.45, 2.75) is 12.1 Å². The van der Waals surface area contributed by atoms with Crippen LogP contribution < -0.4 is 10.6 Å². The van der Waals surface area contributed by atoms with Gasteiger partial charge in [-0.25, -0.2) is 0 Å². The van der Waals surface area contributed by atoms with Gasteiger partial charge in [-0.1, -0.05) is 35.4 Å². The summed E-state index contributed by atoms with van der Waals surface area (Å²) in [7, 11) is 0. The Morgan fingerprint density at radius 3 is 1.62 bits per heavy atom. The minimum absolute atomic E-state index is 0.167. The maximum absolute atomic E-state index is 11.7. The van der Waals surface area contributed by atoms with E-state index >= 15 is 0 Å². The molecule has 2 N–H and O–H groups in total. The topological polar surface area (TPSA) is 58.2 Å². The maximum atomic E-state index is 11.7. The van der Waals surface area contributed by atoms with Crippen molar-refractivity contribution in [3.05, 3.63) is 22.2 Å². The first-order valence-corrected chi connectivity index (χ1v) is 5.68. The molecule has 1 aliphatic carbocycles. The first-order chi connectivity index (χ1) is 7.58. The molecule has 4 bridgehead atoms. The molecule has 6 heteroatoms. The van der Waals surface area contributed by atoms with Gasteiger partial charge in [-0.3, -0.25) is 9.59 Å². The van der Waals surface area contributed by atoms with E-state index in [4.69, 9.17) is 23.2 Å². The SMILES string of the molecule is O=C1N[C@@H]2C(Cl)=C[C@H]1[C@H]1C=C(Cl)[C@@H]2NC1=O. The predicted octanol–water partition coefficient (Wildman–Crippen LogP) is 0.475. The first kappa shape index (κ1) is 10.2. The monoisotopic (exact) mass is 258 g/mol. The molecule has 0 radical (unpaired) electrons. The third-order valence-electron chi connectivity index (χ3n) is 3.19. The molecule has 0 unspecified atom stereocenters. The van der Waals surface area contributed by atoms with Gasteiger partial charge in [0.1, 0.15) is 0 Å². The summed E-state index contributed by atoms with van der Waals surface area (Å²) in [6, 6.07) is -0.890. The Hall–Kier alpha value is -1.00. The predicted molar refractivity (Wildman–Crippen MR) is 58.7 cm³/mol. The highest BCUT2D eigenvalue weighted by Gasteiger charge is 2.47. The Labute approximate surface area is 102 Å². The number of carbonyl (C=O) groups excluding carboxylic acids is 2. The van der Waals surface area contributed by atoms with E-state index in [-0.39, 0.29) is 11.8 Å². The van der Waals surface area contributed by atoms with Crippen molar-refractivity contribution in [2.24, 2.45) is 11.8 Å². The van der Waals surface area contributed by atoms with Crippen LogP contribution in [-0.4, -0.2) is 23.9 Å². The second-order valence-corrected chi connectivity index (χ2v) is 5.00. The Kier molecular flexibility index (Phi) is 2.06. The molecule has 16 heavy (non-hydrogen) atoms. The van der Waals surface area contributed by atoms with Gasteiger partial charge in [-0.15, -0.1) is 0 Å². The van der Waals surface area contributed by atoms with Crippen molar-refractivity contribution in [1.82, 2.24) is 10.6 Å². The largest absolute Gasteiger partial charge is 0.345 e. The van der Waals surface area contributed by atoms with Crippen LogP contribution in [0.2, 0.25) is 0 Å². The highest BCUT2D eigenvalue weighted by atomic mass is 35.5. The molecule has 0 spiro atoms. The number of rotatable bonds is 0. The van der Waals surface area contributed by atoms with Crippen molar-refractivity contribution in [1.29, 1.82) is 0 Å². The molecule has 1 saturated heterocycles. The number of halogens is 2. The molecule has 4 nitrogen and oxygen atoms in total. The zero-order chi connectivity index (χ0) is 11.4. The van der Waals surface area contributed by atoms with Gasteiger partial charge in [-0.2, -0.15) is 0 Å². The van der Waals surface area contributed by atoms with Gasteiger partial charge >= 0.3 is 0 Å². The fourth-order valence-corrected chi connectivity index (χ4v) is 2.99.